The Labute approximate surface area is 115 Å². The Morgan fingerprint density at radius 1 is 1.15 bits per heavy atom. The van der Waals surface area contributed by atoms with E-state index in [1.807, 2.05) is 0 Å². The van der Waals surface area contributed by atoms with Crippen LogP contribution in [0.25, 0.3) is 5.65 Å². The van der Waals surface area contributed by atoms with E-state index in [-0.39, 0.29) is 10.7 Å². The first-order chi connectivity index (χ1) is 9.56. The highest BCUT2D eigenvalue weighted by molar-refractivity contribution is 7.92. The summed E-state index contributed by atoms with van der Waals surface area (Å²) in [5.74, 6) is 0.209. The molecule has 2 heterocycles. The molecule has 0 atom stereocenters. The van der Waals surface area contributed by atoms with Gasteiger partial charge in [-0.05, 0) is 30.7 Å². The number of sulfonamides is 1. The van der Waals surface area contributed by atoms with Gasteiger partial charge in [-0.25, -0.2) is 8.42 Å². The number of fused-ring (bicyclic) bond motifs is 1. The third kappa shape index (κ3) is 2.21. The Morgan fingerprint density at radius 3 is 2.75 bits per heavy atom. The van der Waals surface area contributed by atoms with Crippen molar-refractivity contribution < 1.29 is 8.42 Å². The van der Waals surface area contributed by atoms with Gasteiger partial charge in [0, 0.05) is 0 Å². The second-order valence-corrected chi connectivity index (χ2v) is 5.87. The third-order valence-electron chi connectivity index (χ3n) is 2.78. The van der Waals surface area contributed by atoms with E-state index in [0.29, 0.717) is 11.2 Å². The minimum Gasteiger partial charge on any atom is -0.262 e. The molecule has 2 aromatic heterocycles. The molecule has 0 bridgehead atoms. The zero-order chi connectivity index (χ0) is 14.2. The van der Waals surface area contributed by atoms with Gasteiger partial charge in [0.15, 0.2) is 11.5 Å². The van der Waals surface area contributed by atoms with Crippen LogP contribution in [0, 0.1) is 6.92 Å². The molecular formula is C12H11N5O2S. The standard InChI is InChI=1S/C12H11N5O2S/c1-9-4-2-3-5-10(9)20(18,19)16-11-6-7-12-14-13-8-17(12)15-11/h2-8H,1H3,(H,15,16). The lowest BCUT2D eigenvalue weighted by Gasteiger charge is -2.09. The second-order valence-electron chi connectivity index (χ2n) is 4.22. The van der Waals surface area contributed by atoms with Crippen molar-refractivity contribution in [2.24, 2.45) is 0 Å². The lowest BCUT2D eigenvalue weighted by atomic mass is 10.2. The molecule has 0 saturated heterocycles. The van der Waals surface area contributed by atoms with Crippen LogP contribution in [0.1, 0.15) is 5.56 Å². The summed E-state index contributed by atoms with van der Waals surface area (Å²) in [4.78, 5) is 0.227. The summed E-state index contributed by atoms with van der Waals surface area (Å²) in [5.41, 5.74) is 1.22. The highest BCUT2D eigenvalue weighted by Gasteiger charge is 2.17. The summed E-state index contributed by atoms with van der Waals surface area (Å²) in [6.07, 6.45) is 1.40. The zero-order valence-electron chi connectivity index (χ0n) is 10.6. The van der Waals surface area contributed by atoms with E-state index in [1.54, 1.807) is 43.3 Å². The predicted molar refractivity (Wildman–Crippen MR) is 72.8 cm³/mol. The van der Waals surface area contributed by atoms with E-state index >= 15 is 0 Å². The van der Waals surface area contributed by atoms with Crippen molar-refractivity contribution in [1.29, 1.82) is 0 Å². The predicted octanol–water partition coefficient (Wildman–Crippen LogP) is 1.23. The first kappa shape index (κ1) is 12.5. The van der Waals surface area contributed by atoms with Crippen LogP contribution in [0.5, 0.6) is 0 Å². The fourth-order valence-electron chi connectivity index (χ4n) is 1.83. The molecule has 3 aromatic rings. The van der Waals surface area contributed by atoms with Crippen molar-refractivity contribution in [3.8, 4) is 0 Å². The summed E-state index contributed by atoms with van der Waals surface area (Å²) < 4.78 is 28.5. The molecule has 1 N–H and O–H groups in total. The Morgan fingerprint density at radius 2 is 1.95 bits per heavy atom. The summed E-state index contributed by atoms with van der Waals surface area (Å²) in [6, 6.07) is 9.93. The maximum atomic E-state index is 12.3. The Balaban J connectivity index is 1.99. The lowest BCUT2D eigenvalue weighted by molar-refractivity contribution is 0.600. The summed E-state index contributed by atoms with van der Waals surface area (Å²) in [7, 11) is -3.66. The molecule has 0 amide bonds. The van der Waals surface area contributed by atoms with E-state index in [0.717, 1.165) is 0 Å². The molecule has 0 unspecified atom stereocenters. The fourth-order valence-corrected chi connectivity index (χ4v) is 3.08. The maximum absolute atomic E-state index is 12.3. The molecule has 7 nitrogen and oxygen atoms in total. The van der Waals surface area contributed by atoms with E-state index in [1.165, 1.54) is 10.8 Å². The van der Waals surface area contributed by atoms with Crippen molar-refractivity contribution in [3.63, 3.8) is 0 Å². The number of aryl methyl sites for hydroxylation is 1. The lowest BCUT2D eigenvalue weighted by Crippen LogP contribution is -2.15. The smallest absolute Gasteiger partial charge is 0.262 e. The molecule has 8 heteroatoms. The Hall–Kier alpha value is -2.48. The summed E-state index contributed by atoms with van der Waals surface area (Å²) in [5, 5.41) is 11.6. The van der Waals surface area contributed by atoms with Crippen molar-refractivity contribution in [2.75, 3.05) is 4.72 Å². The van der Waals surface area contributed by atoms with Crippen LogP contribution in [-0.2, 0) is 10.0 Å². The van der Waals surface area contributed by atoms with Crippen LogP contribution in [0.15, 0.2) is 47.6 Å². The normalized spacial score (nSPS) is 11.7. The van der Waals surface area contributed by atoms with E-state index in [9.17, 15) is 8.42 Å². The molecule has 0 radical (unpaired) electrons. The minimum atomic E-state index is -3.66. The van der Waals surface area contributed by atoms with Gasteiger partial charge in [-0.15, -0.1) is 15.3 Å². The largest absolute Gasteiger partial charge is 0.263 e. The van der Waals surface area contributed by atoms with Crippen molar-refractivity contribution in [3.05, 3.63) is 48.3 Å². The van der Waals surface area contributed by atoms with Gasteiger partial charge in [-0.1, -0.05) is 18.2 Å². The number of hydrogen-bond donors (Lipinski definition) is 1. The van der Waals surface area contributed by atoms with Crippen LogP contribution in [0.4, 0.5) is 5.82 Å². The van der Waals surface area contributed by atoms with Gasteiger partial charge in [-0.2, -0.15) is 4.52 Å². The third-order valence-corrected chi connectivity index (χ3v) is 4.30. The number of benzene rings is 1. The number of rotatable bonds is 3. The number of nitrogens with one attached hydrogen (secondary N) is 1. The van der Waals surface area contributed by atoms with Crippen LogP contribution in [-0.4, -0.2) is 28.2 Å². The fraction of sp³-hybridized carbons (Fsp3) is 0.0833. The van der Waals surface area contributed by atoms with Gasteiger partial charge >= 0.3 is 0 Å². The molecule has 102 valence electrons. The first-order valence-electron chi connectivity index (χ1n) is 5.82. The number of aromatic nitrogens is 4. The molecule has 0 aliphatic carbocycles. The molecule has 1 aromatic carbocycles. The number of hydrogen-bond acceptors (Lipinski definition) is 5. The quantitative estimate of drug-likeness (QED) is 0.783. The van der Waals surface area contributed by atoms with Gasteiger partial charge < -0.3 is 0 Å². The van der Waals surface area contributed by atoms with E-state index in [2.05, 4.69) is 20.0 Å². The second kappa shape index (κ2) is 4.57. The van der Waals surface area contributed by atoms with Crippen molar-refractivity contribution in [2.45, 2.75) is 11.8 Å². The highest BCUT2D eigenvalue weighted by Crippen LogP contribution is 2.17. The molecular weight excluding hydrogens is 278 g/mol. The van der Waals surface area contributed by atoms with Gasteiger partial charge in [0.25, 0.3) is 10.0 Å². The molecule has 0 aliphatic heterocycles. The van der Waals surface area contributed by atoms with Crippen LogP contribution in [0.3, 0.4) is 0 Å². The van der Waals surface area contributed by atoms with Gasteiger partial charge in [0.2, 0.25) is 0 Å². The topological polar surface area (TPSA) is 89.2 Å². The molecule has 0 spiro atoms. The molecule has 0 fully saturated rings. The molecule has 20 heavy (non-hydrogen) atoms. The Kier molecular flexibility index (Phi) is 2.87. The number of nitrogens with zero attached hydrogens (tertiary/aromatic N) is 4. The van der Waals surface area contributed by atoms with Gasteiger partial charge in [0.1, 0.15) is 6.33 Å². The monoisotopic (exact) mass is 289 g/mol. The Bertz CT molecular complexity index is 872. The van der Waals surface area contributed by atoms with Crippen molar-refractivity contribution in [1.82, 2.24) is 19.8 Å². The van der Waals surface area contributed by atoms with Crippen LogP contribution < -0.4 is 4.72 Å². The highest BCUT2D eigenvalue weighted by atomic mass is 32.2. The number of anilines is 1. The minimum absolute atomic E-state index is 0.209. The summed E-state index contributed by atoms with van der Waals surface area (Å²) in [6.45, 7) is 1.74. The van der Waals surface area contributed by atoms with Crippen LogP contribution >= 0.6 is 0 Å². The zero-order valence-corrected chi connectivity index (χ0v) is 11.4. The van der Waals surface area contributed by atoms with Gasteiger partial charge in [-0.3, -0.25) is 4.72 Å². The average molecular weight is 289 g/mol. The first-order valence-corrected chi connectivity index (χ1v) is 7.30. The molecule has 0 saturated carbocycles. The van der Waals surface area contributed by atoms with Crippen LogP contribution in [0.2, 0.25) is 0 Å². The average Bonchev–Trinajstić information content (AvgIpc) is 2.86. The van der Waals surface area contributed by atoms with E-state index < -0.39 is 10.0 Å². The summed E-state index contributed by atoms with van der Waals surface area (Å²) >= 11 is 0. The maximum Gasteiger partial charge on any atom is 0.263 e. The van der Waals surface area contributed by atoms with Crippen molar-refractivity contribution >= 4 is 21.5 Å². The molecule has 3 rings (SSSR count). The van der Waals surface area contributed by atoms with Gasteiger partial charge in [0.05, 0.1) is 4.90 Å². The van der Waals surface area contributed by atoms with E-state index in [4.69, 9.17) is 0 Å². The molecule has 0 aliphatic rings. The SMILES string of the molecule is Cc1ccccc1S(=O)(=O)Nc1ccc2nncn2n1.